The topological polar surface area (TPSA) is 119 Å². The van der Waals surface area contributed by atoms with E-state index in [-0.39, 0.29) is 30.6 Å². The molecule has 2 N–H and O–H groups in total. The number of H-pyrrole nitrogens is 1. The maximum atomic E-state index is 13.2. The molecule has 2 amide bonds. The second-order valence-electron chi connectivity index (χ2n) is 8.70. The van der Waals surface area contributed by atoms with Crippen molar-refractivity contribution >= 4 is 11.8 Å². The number of carbonyl (C=O) groups excluding carboxylic acids is 2. The van der Waals surface area contributed by atoms with Crippen LogP contribution < -0.4 is 5.56 Å². The lowest BCUT2D eigenvalue weighted by Crippen LogP contribution is -2.53. The third-order valence-corrected chi connectivity index (χ3v) is 6.33. The van der Waals surface area contributed by atoms with Crippen LogP contribution in [0.2, 0.25) is 0 Å². The maximum absolute atomic E-state index is 13.2. The average molecular weight is 474 g/mol. The van der Waals surface area contributed by atoms with Crippen LogP contribution in [0.25, 0.3) is 0 Å². The van der Waals surface area contributed by atoms with Crippen LogP contribution in [0.4, 0.5) is 4.39 Å². The van der Waals surface area contributed by atoms with Gasteiger partial charge in [0.15, 0.2) is 5.69 Å². The van der Waals surface area contributed by atoms with Gasteiger partial charge in [-0.2, -0.15) is 0 Å². The third kappa shape index (κ3) is 4.80. The molecule has 0 spiro atoms. The van der Waals surface area contributed by atoms with Gasteiger partial charge in [-0.3, -0.25) is 19.3 Å². The van der Waals surface area contributed by atoms with Crippen molar-refractivity contribution in [3.63, 3.8) is 0 Å². The minimum Gasteiger partial charge on any atom is -0.501 e. The van der Waals surface area contributed by atoms with Gasteiger partial charge < -0.3 is 24.6 Å². The summed E-state index contributed by atoms with van der Waals surface area (Å²) in [6, 6.07) is 4.71. The van der Waals surface area contributed by atoms with Crippen LogP contribution in [-0.4, -0.2) is 88.0 Å². The Morgan fingerprint density at radius 3 is 2.74 bits per heavy atom. The standard InChI is InChI=1S/C23H28FN5O5/c1-27-10-11-34-13-17(27)22(32)29-9-3-4-16(29)20-25-18(19(30)21(31)26-20)23(33)28(2)12-14-5-7-15(24)8-6-14/h5-8,16-17,30H,3-4,9-13H2,1-2H3,(H,25,26,31). The van der Waals surface area contributed by atoms with Gasteiger partial charge in [0.2, 0.25) is 11.7 Å². The molecule has 2 aromatic rings. The van der Waals surface area contributed by atoms with E-state index in [0.717, 1.165) is 0 Å². The number of amides is 2. The molecular weight excluding hydrogens is 445 g/mol. The zero-order chi connectivity index (χ0) is 24.4. The van der Waals surface area contributed by atoms with Gasteiger partial charge in [0, 0.05) is 26.7 Å². The molecule has 0 saturated carbocycles. The van der Waals surface area contributed by atoms with Crippen LogP contribution in [0.1, 0.15) is 40.8 Å². The number of aromatic nitrogens is 2. The first-order valence-electron chi connectivity index (χ1n) is 11.2. The van der Waals surface area contributed by atoms with Crippen LogP contribution in [0.15, 0.2) is 29.1 Å². The lowest BCUT2D eigenvalue weighted by atomic mass is 10.1. The van der Waals surface area contributed by atoms with Crippen molar-refractivity contribution in [1.29, 1.82) is 0 Å². The SMILES string of the molecule is CN(Cc1ccc(F)cc1)C(=O)c1nc(C2CCCN2C(=O)C2COCCN2C)[nH]c(=O)c1O. The summed E-state index contributed by atoms with van der Waals surface area (Å²) in [5, 5.41) is 10.3. The Morgan fingerprint density at radius 1 is 1.29 bits per heavy atom. The minimum atomic E-state index is -0.846. The first-order valence-corrected chi connectivity index (χ1v) is 11.2. The van der Waals surface area contributed by atoms with E-state index in [1.807, 2.05) is 11.9 Å². The van der Waals surface area contributed by atoms with Crippen molar-refractivity contribution in [2.24, 2.45) is 0 Å². The summed E-state index contributed by atoms with van der Waals surface area (Å²) in [6.07, 6.45) is 1.28. The molecule has 1 aromatic heterocycles. The Bertz CT molecular complexity index is 1120. The van der Waals surface area contributed by atoms with E-state index in [9.17, 15) is 23.9 Å². The van der Waals surface area contributed by atoms with Crippen molar-refractivity contribution in [3.8, 4) is 5.75 Å². The van der Waals surface area contributed by atoms with E-state index in [4.69, 9.17) is 4.74 Å². The van der Waals surface area contributed by atoms with Crippen LogP contribution in [0.5, 0.6) is 5.75 Å². The summed E-state index contributed by atoms with van der Waals surface area (Å²) in [5.41, 5.74) is -0.560. The number of ether oxygens (including phenoxy) is 1. The molecule has 34 heavy (non-hydrogen) atoms. The summed E-state index contributed by atoms with van der Waals surface area (Å²) in [5.74, 6) is -1.80. The Balaban J connectivity index is 1.58. The van der Waals surface area contributed by atoms with E-state index in [0.29, 0.717) is 38.1 Å². The Labute approximate surface area is 195 Å². The highest BCUT2D eigenvalue weighted by Gasteiger charge is 2.38. The summed E-state index contributed by atoms with van der Waals surface area (Å²) in [6.45, 7) is 2.11. The number of rotatable bonds is 5. The highest BCUT2D eigenvalue weighted by molar-refractivity contribution is 5.94. The van der Waals surface area contributed by atoms with Gasteiger partial charge in [0.1, 0.15) is 17.7 Å². The zero-order valence-electron chi connectivity index (χ0n) is 19.2. The number of likely N-dealkylation sites (N-methyl/N-ethyl adjacent to an activating group) is 1. The van der Waals surface area contributed by atoms with Gasteiger partial charge >= 0.3 is 0 Å². The predicted molar refractivity (Wildman–Crippen MR) is 120 cm³/mol. The van der Waals surface area contributed by atoms with E-state index in [1.54, 1.807) is 17.0 Å². The van der Waals surface area contributed by atoms with Crippen molar-refractivity contribution in [3.05, 3.63) is 57.5 Å². The molecule has 3 heterocycles. The van der Waals surface area contributed by atoms with Gasteiger partial charge in [0.05, 0.1) is 19.3 Å². The second kappa shape index (κ2) is 9.90. The fourth-order valence-electron chi connectivity index (χ4n) is 4.36. The molecule has 2 aliphatic heterocycles. The summed E-state index contributed by atoms with van der Waals surface area (Å²) in [7, 11) is 3.36. The second-order valence-corrected chi connectivity index (χ2v) is 8.70. The number of benzene rings is 1. The smallest absolute Gasteiger partial charge is 0.294 e. The summed E-state index contributed by atoms with van der Waals surface area (Å²) >= 11 is 0. The highest BCUT2D eigenvalue weighted by atomic mass is 19.1. The third-order valence-electron chi connectivity index (χ3n) is 6.33. The molecule has 2 fully saturated rings. The van der Waals surface area contributed by atoms with Gasteiger partial charge in [-0.05, 0) is 37.6 Å². The fraction of sp³-hybridized carbons (Fsp3) is 0.478. The largest absolute Gasteiger partial charge is 0.501 e. The minimum absolute atomic E-state index is 0.123. The molecule has 2 aliphatic rings. The number of likely N-dealkylation sites (tertiary alicyclic amines) is 1. The number of hydrogen-bond donors (Lipinski definition) is 2. The number of hydrogen-bond acceptors (Lipinski definition) is 7. The fourth-order valence-corrected chi connectivity index (χ4v) is 4.36. The van der Waals surface area contributed by atoms with Gasteiger partial charge in [-0.1, -0.05) is 12.1 Å². The maximum Gasteiger partial charge on any atom is 0.294 e. The lowest BCUT2D eigenvalue weighted by Gasteiger charge is -2.35. The molecule has 0 bridgehead atoms. The van der Waals surface area contributed by atoms with Crippen LogP contribution >= 0.6 is 0 Å². The molecule has 2 atom stereocenters. The van der Waals surface area contributed by atoms with E-state index >= 15 is 0 Å². The predicted octanol–water partition coefficient (Wildman–Crippen LogP) is 0.881. The number of aromatic amines is 1. The van der Waals surface area contributed by atoms with Crippen molar-refractivity contribution in [2.75, 3.05) is 40.4 Å². The lowest BCUT2D eigenvalue weighted by molar-refractivity contribution is -0.143. The van der Waals surface area contributed by atoms with Crippen molar-refractivity contribution in [1.82, 2.24) is 24.7 Å². The van der Waals surface area contributed by atoms with E-state index < -0.39 is 35.1 Å². The molecule has 10 nitrogen and oxygen atoms in total. The number of halogens is 1. The van der Waals surface area contributed by atoms with E-state index in [1.165, 1.54) is 24.1 Å². The Morgan fingerprint density at radius 2 is 2.03 bits per heavy atom. The number of aromatic hydroxyl groups is 1. The molecule has 2 unspecified atom stereocenters. The monoisotopic (exact) mass is 473 g/mol. The Kier molecular flexibility index (Phi) is 6.94. The normalized spacial score (nSPS) is 21.0. The first-order chi connectivity index (χ1) is 16.3. The molecule has 182 valence electrons. The molecule has 1 aromatic carbocycles. The van der Waals surface area contributed by atoms with Crippen LogP contribution in [0.3, 0.4) is 0 Å². The van der Waals surface area contributed by atoms with Gasteiger partial charge in [-0.15, -0.1) is 0 Å². The zero-order valence-corrected chi connectivity index (χ0v) is 19.2. The Hall–Kier alpha value is -3.31. The molecule has 0 aliphatic carbocycles. The van der Waals surface area contributed by atoms with Crippen molar-refractivity contribution in [2.45, 2.75) is 31.5 Å². The van der Waals surface area contributed by atoms with Gasteiger partial charge in [0.25, 0.3) is 11.5 Å². The summed E-state index contributed by atoms with van der Waals surface area (Å²) < 4.78 is 18.6. The number of nitrogens with zero attached hydrogens (tertiary/aromatic N) is 4. The summed E-state index contributed by atoms with van der Waals surface area (Å²) in [4.78, 5) is 50.5. The van der Waals surface area contributed by atoms with Crippen molar-refractivity contribution < 1.29 is 23.8 Å². The van der Waals surface area contributed by atoms with Crippen LogP contribution in [0, 0.1) is 5.82 Å². The van der Waals surface area contributed by atoms with E-state index in [2.05, 4.69) is 9.97 Å². The molecular formula is C23H28FN5O5. The highest BCUT2D eigenvalue weighted by Crippen LogP contribution is 2.31. The molecule has 11 heteroatoms. The molecule has 4 rings (SSSR count). The van der Waals surface area contributed by atoms with Crippen LogP contribution in [-0.2, 0) is 16.1 Å². The molecule has 2 saturated heterocycles. The van der Waals surface area contributed by atoms with Gasteiger partial charge in [-0.25, -0.2) is 9.37 Å². The first kappa shape index (κ1) is 23.8. The number of carbonyl (C=O) groups is 2. The molecule has 0 radical (unpaired) electrons. The number of nitrogens with one attached hydrogen (secondary N) is 1. The quantitative estimate of drug-likeness (QED) is 0.662. The number of morpholine rings is 1. The average Bonchev–Trinajstić information content (AvgIpc) is 3.31.